The summed E-state index contributed by atoms with van der Waals surface area (Å²) in [5.74, 6) is 0.374. The van der Waals surface area contributed by atoms with Crippen LogP contribution >= 0.6 is 22.6 Å². The Hall–Kier alpha value is -0.780. The lowest BCUT2D eigenvalue weighted by Gasteiger charge is -2.12. The fraction of sp³-hybridized carbons (Fsp3) is 0.588. The molecule has 118 valence electrons. The molecule has 21 heavy (non-hydrogen) atoms. The quantitative estimate of drug-likeness (QED) is 0.309. The second-order valence-corrected chi connectivity index (χ2v) is 6.49. The van der Waals surface area contributed by atoms with Crippen molar-refractivity contribution in [3.8, 4) is 0 Å². The van der Waals surface area contributed by atoms with Gasteiger partial charge < -0.3 is 9.47 Å². The molecule has 0 fully saturated rings. The lowest BCUT2D eigenvalue weighted by atomic mass is 9.98. The van der Waals surface area contributed by atoms with E-state index in [9.17, 15) is 4.79 Å². The molecule has 1 aromatic rings. The largest absolute Gasteiger partial charge is 0.508 e. The predicted octanol–water partition coefficient (Wildman–Crippen LogP) is 5.52. The first-order chi connectivity index (χ1) is 10.1. The molecule has 0 unspecified atom stereocenters. The van der Waals surface area contributed by atoms with Crippen molar-refractivity contribution in [1.29, 1.82) is 0 Å². The van der Waals surface area contributed by atoms with Gasteiger partial charge in [-0.05, 0) is 59.0 Å². The first-order valence-corrected chi connectivity index (χ1v) is 8.76. The number of benzene rings is 1. The van der Waals surface area contributed by atoms with Crippen LogP contribution in [0.15, 0.2) is 24.3 Å². The van der Waals surface area contributed by atoms with Crippen LogP contribution in [0.1, 0.15) is 57.4 Å². The van der Waals surface area contributed by atoms with E-state index >= 15 is 0 Å². The zero-order valence-corrected chi connectivity index (χ0v) is 15.1. The third-order valence-electron chi connectivity index (χ3n) is 3.43. The minimum atomic E-state index is -0.540. The summed E-state index contributed by atoms with van der Waals surface area (Å²) in [7, 11) is 0. The fourth-order valence-corrected chi connectivity index (χ4v) is 2.36. The Morgan fingerprint density at radius 3 is 2.43 bits per heavy atom. The van der Waals surface area contributed by atoms with E-state index in [0.717, 1.165) is 19.3 Å². The average Bonchev–Trinajstić information content (AvgIpc) is 2.47. The van der Waals surface area contributed by atoms with Crippen LogP contribution in [0.4, 0.5) is 4.79 Å². The molecule has 0 N–H and O–H groups in total. The van der Waals surface area contributed by atoms with Crippen molar-refractivity contribution >= 4 is 28.7 Å². The summed E-state index contributed by atoms with van der Waals surface area (Å²) in [6.07, 6.45) is 4.66. The van der Waals surface area contributed by atoms with Crippen molar-refractivity contribution in [3.05, 3.63) is 33.4 Å². The topological polar surface area (TPSA) is 35.5 Å². The average molecular weight is 404 g/mol. The predicted molar refractivity (Wildman–Crippen MR) is 93.6 cm³/mol. The molecular weight excluding hydrogens is 379 g/mol. The molecule has 0 amide bonds. The summed E-state index contributed by atoms with van der Waals surface area (Å²) < 4.78 is 11.4. The van der Waals surface area contributed by atoms with E-state index in [0.29, 0.717) is 19.1 Å². The van der Waals surface area contributed by atoms with Crippen molar-refractivity contribution in [2.75, 3.05) is 13.2 Å². The maximum Gasteiger partial charge on any atom is 0.508 e. The highest BCUT2D eigenvalue weighted by atomic mass is 127. The lowest BCUT2D eigenvalue weighted by molar-refractivity contribution is 0.0524. The molecule has 0 aliphatic rings. The number of rotatable bonds is 9. The van der Waals surface area contributed by atoms with Crippen LogP contribution in [-0.4, -0.2) is 19.4 Å². The molecule has 0 bridgehead atoms. The summed E-state index contributed by atoms with van der Waals surface area (Å²) in [6, 6.07) is 8.44. The molecule has 0 heterocycles. The Kier molecular flexibility index (Phi) is 9.46. The van der Waals surface area contributed by atoms with Crippen LogP contribution in [-0.2, 0) is 9.47 Å². The van der Waals surface area contributed by atoms with Gasteiger partial charge >= 0.3 is 6.16 Å². The number of carbonyl (C=O) groups excluding carboxylic acids is 1. The van der Waals surface area contributed by atoms with Gasteiger partial charge in [-0.2, -0.15) is 0 Å². The third kappa shape index (κ3) is 8.29. The zero-order valence-electron chi connectivity index (χ0n) is 12.9. The van der Waals surface area contributed by atoms with Crippen LogP contribution in [0.5, 0.6) is 0 Å². The summed E-state index contributed by atoms with van der Waals surface area (Å²) >= 11 is 2.29. The number of carbonyl (C=O) groups is 1. The van der Waals surface area contributed by atoms with E-state index in [4.69, 9.17) is 9.47 Å². The standard InChI is InChI=1S/C17H25IO3/c1-3-4-5-6-12-20-17(19)21-13-11-14(2)15-7-9-16(18)10-8-15/h7-10,14H,3-6,11-13H2,1-2H3/t14-/m1/s1. The molecule has 1 aromatic carbocycles. The van der Waals surface area contributed by atoms with E-state index in [2.05, 4.69) is 60.7 Å². The molecule has 1 rings (SSSR count). The van der Waals surface area contributed by atoms with E-state index < -0.39 is 6.16 Å². The molecule has 0 aromatic heterocycles. The van der Waals surface area contributed by atoms with Crippen LogP contribution in [0, 0.1) is 3.57 Å². The van der Waals surface area contributed by atoms with Gasteiger partial charge in [0, 0.05) is 3.57 Å². The Bertz CT molecular complexity index is 403. The van der Waals surface area contributed by atoms with Crippen LogP contribution < -0.4 is 0 Å². The minimum Gasteiger partial charge on any atom is -0.434 e. The molecule has 1 atom stereocenters. The van der Waals surface area contributed by atoms with Crippen molar-refractivity contribution in [1.82, 2.24) is 0 Å². The number of hydrogen-bond donors (Lipinski definition) is 0. The molecule has 0 saturated heterocycles. The molecule has 0 aliphatic carbocycles. The van der Waals surface area contributed by atoms with Crippen LogP contribution in [0.25, 0.3) is 0 Å². The van der Waals surface area contributed by atoms with E-state index in [-0.39, 0.29) is 0 Å². The number of ether oxygens (including phenoxy) is 2. The van der Waals surface area contributed by atoms with E-state index in [1.807, 2.05) is 0 Å². The summed E-state index contributed by atoms with van der Waals surface area (Å²) in [6.45, 7) is 5.16. The smallest absolute Gasteiger partial charge is 0.434 e. The first-order valence-electron chi connectivity index (χ1n) is 7.68. The summed E-state index contributed by atoms with van der Waals surface area (Å²) in [4.78, 5) is 11.4. The minimum absolute atomic E-state index is 0.374. The third-order valence-corrected chi connectivity index (χ3v) is 4.15. The molecule has 0 spiro atoms. The Balaban J connectivity index is 2.12. The monoisotopic (exact) mass is 404 g/mol. The highest BCUT2D eigenvalue weighted by molar-refractivity contribution is 14.1. The molecule has 0 radical (unpaired) electrons. The highest BCUT2D eigenvalue weighted by Crippen LogP contribution is 2.20. The van der Waals surface area contributed by atoms with Crippen molar-refractivity contribution in [2.24, 2.45) is 0 Å². The fourth-order valence-electron chi connectivity index (χ4n) is 2.00. The van der Waals surface area contributed by atoms with Crippen LogP contribution in [0.3, 0.4) is 0 Å². The van der Waals surface area contributed by atoms with Crippen LogP contribution in [0.2, 0.25) is 0 Å². The lowest BCUT2D eigenvalue weighted by Crippen LogP contribution is -2.11. The Morgan fingerprint density at radius 2 is 1.76 bits per heavy atom. The maximum absolute atomic E-state index is 11.4. The number of hydrogen-bond acceptors (Lipinski definition) is 3. The van der Waals surface area contributed by atoms with Gasteiger partial charge in [0.15, 0.2) is 0 Å². The molecule has 4 heteroatoms. The number of halogens is 1. The maximum atomic E-state index is 11.4. The van der Waals surface area contributed by atoms with Gasteiger partial charge in [-0.1, -0.05) is 45.2 Å². The summed E-state index contributed by atoms with van der Waals surface area (Å²) in [5, 5.41) is 0. The van der Waals surface area contributed by atoms with E-state index in [1.165, 1.54) is 22.0 Å². The van der Waals surface area contributed by atoms with Crippen molar-refractivity contribution < 1.29 is 14.3 Å². The summed E-state index contributed by atoms with van der Waals surface area (Å²) in [5.41, 5.74) is 1.27. The molecule has 0 saturated carbocycles. The van der Waals surface area contributed by atoms with Gasteiger partial charge in [0.25, 0.3) is 0 Å². The van der Waals surface area contributed by atoms with E-state index in [1.54, 1.807) is 0 Å². The van der Waals surface area contributed by atoms with Gasteiger partial charge in [-0.3, -0.25) is 0 Å². The molecule has 3 nitrogen and oxygen atoms in total. The Labute approximate surface area is 141 Å². The normalized spacial score (nSPS) is 12.0. The van der Waals surface area contributed by atoms with Gasteiger partial charge in [0.2, 0.25) is 0 Å². The van der Waals surface area contributed by atoms with Gasteiger partial charge in [0.05, 0.1) is 13.2 Å². The van der Waals surface area contributed by atoms with Gasteiger partial charge in [-0.15, -0.1) is 0 Å². The van der Waals surface area contributed by atoms with Crippen molar-refractivity contribution in [3.63, 3.8) is 0 Å². The van der Waals surface area contributed by atoms with Gasteiger partial charge in [-0.25, -0.2) is 4.79 Å². The van der Waals surface area contributed by atoms with Gasteiger partial charge in [0.1, 0.15) is 0 Å². The molecule has 0 aliphatic heterocycles. The van der Waals surface area contributed by atoms with Crippen molar-refractivity contribution in [2.45, 2.75) is 51.9 Å². The zero-order chi connectivity index (χ0) is 15.5. The Morgan fingerprint density at radius 1 is 1.10 bits per heavy atom. The number of unbranched alkanes of at least 4 members (excludes halogenated alkanes) is 3. The molecular formula is C17H25IO3. The SMILES string of the molecule is CCCCCCOC(=O)OCC[C@@H](C)c1ccc(I)cc1. The second kappa shape index (κ2) is 10.9. The highest BCUT2D eigenvalue weighted by Gasteiger charge is 2.08. The second-order valence-electron chi connectivity index (χ2n) is 5.25. The first kappa shape index (κ1) is 18.3.